The highest BCUT2D eigenvalue weighted by Gasteiger charge is 2.16. The van der Waals surface area contributed by atoms with Crippen LogP contribution in [0.5, 0.6) is 5.75 Å². The molecule has 0 aromatic heterocycles. The zero-order valence-corrected chi connectivity index (χ0v) is 14.2. The van der Waals surface area contributed by atoms with E-state index in [9.17, 15) is 5.11 Å². The van der Waals surface area contributed by atoms with Crippen LogP contribution in [0.4, 0.5) is 0 Å². The third-order valence-corrected chi connectivity index (χ3v) is 3.71. The molecule has 0 amide bonds. The SMILES string of the molecule is COc1ccc(Cl)cc1CNC(C)C(O)c1ccccc1.Cl. The number of rotatable bonds is 6. The number of hydrogen-bond donors (Lipinski definition) is 2. The Kier molecular flexibility index (Phi) is 7.69. The summed E-state index contributed by atoms with van der Waals surface area (Å²) in [5.41, 5.74) is 1.87. The van der Waals surface area contributed by atoms with E-state index in [4.69, 9.17) is 16.3 Å². The quantitative estimate of drug-likeness (QED) is 0.834. The van der Waals surface area contributed by atoms with E-state index in [0.29, 0.717) is 11.6 Å². The molecule has 0 aliphatic heterocycles. The third kappa shape index (κ3) is 4.89. The van der Waals surface area contributed by atoms with Gasteiger partial charge in [0.25, 0.3) is 0 Å². The van der Waals surface area contributed by atoms with Crippen molar-refractivity contribution in [3.8, 4) is 5.75 Å². The summed E-state index contributed by atoms with van der Waals surface area (Å²) in [7, 11) is 1.63. The summed E-state index contributed by atoms with van der Waals surface area (Å²) in [6, 6.07) is 15.0. The number of hydrogen-bond acceptors (Lipinski definition) is 3. The molecule has 0 aliphatic rings. The van der Waals surface area contributed by atoms with E-state index in [0.717, 1.165) is 16.9 Å². The lowest BCUT2D eigenvalue weighted by Gasteiger charge is -2.21. The normalized spacial score (nSPS) is 13.1. The minimum atomic E-state index is -0.559. The Bertz CT molecular complexity index is 578. The summed E-state index contributed by atoms with van der Waals surface area (Å²) >= 11 is 6.01. The minimum absolute atomic E-state index is 0. The van der Waals surface area contributed by atoms with Gasteiger partial charge >= 0.3 is 0 Å². The molecule has 3 nitrogen and oxygen atoms in total. The summed E-state index contributed by atoms with van der Waals surface area (Å²) in [6.45, 7) is 2.53. The molecule has 2 atom stereocenters. The highest BCUT2D eigenvalue weighted by molar-refractivity contribution is 6.30. The molecule has 0 bridgehead atoms. The average Bonchev–Trinajstić information content (AvgIpc) is 2.52. The number of nitrogens with one attached hydrogen (secondary N) is 1. The fourth-order valence-corrected chi connectivity index (χ4v) is 2.40. The molecule has 5 heteroatoms. The zero-order chi connectivity index (χ0) is 15.2. The highest BCUT2D eigenvalue weighted by atomic mass is 35.5. The molecular weight excluding hydrogens is 321 g/mol. The lowest BCUT2D eigenvalue weighted by atomic mass is 10.0. The molecule has 2 aromatic carbocycles. The van der Waals surface area contributed by atoms with E-state index in [2.05, 4.69) is 5.32 Å². The van der Waals surface area contributed by atoms with Crippen LogP contribution in [0, 0.1) is 0 Å². The van der Waals surface area contributed by atoms with Crippen LogP contribution < -0.4 is 10.1 Å². The van der Waals surface area contributed by atoms with Gasteiger partial charge in [-0.25, -0.2) is 0 Å². The molecule has 0 fully saturated rings. The summed E-state index contributed by atoms with van der Waals surface area (Å²) in [4.78, 5) is 0. The van der Waals surface area contributed by atoms with E-state index in [1.807, 2.05) is 49.4 Å². The van der Waals surface area contributed by atoms with Crippen molar-refractivity contribution >= 4 is 24.0 Å². The van der Waals surface area contributed by atoms with Crippen molar-refractivity contribution in [1.29, 1.82) is 0 Å². The number of halogens is 2. The van der Waals surface area contributed by atoms with Gasteiger partial charge in [-0.2, -0.15) is 0 Å². The zero-order valence-electron chi connectivity index (χ0n) is 12.6. The van der Waals surface area contributed by atoms with Gasteiger partial charge in [-0.3, -0.25) is 0 Å². The molecule has 0 saturated heterocycles. The average molecular weight is 342 g/mol. The smallest absolute Gasteiger partial charge is 0.123 e. The first-order valence-electron chi connectivity index (χ1n) is 6.90. The molecule has 2 unspecified atom stereocenters. The van der Waals surface area contributed by atoms with Crippen molar-refractivity contribution in [3.63, 3.8) is 0 Å². The van der Waals surface area contributed by atoms with Crippen LogP contribution in [-0.4, -0.2) is 18.3 Å². The highest BCUT2D eigenvalue weighted by Crippen LogP contribution is 2.23. The number of methoxy groups -OCH3 is 1. The molecular formula is C17H21Cl2NO2. The molecule has 120 valence electrons. The molecule has 0 radical (unpaired) electrons. The van der Waals surface area contributed by atoms with Crippen molar-refractivity contribution in [2.24, 2.45) is 0 Å². The van der Waals surface area contributed by atoms with Gasteiger partial charge in [0.15, 0.2) is 0 Å². The molecule has 0 aliphatic carbocycles. The Morgan fingerprint density at radius 1 is 1.18 bits per heavy atom. The third-order valence-electron chi connectivity index (χ3n) is 3.47. The Labute approximate surface area is 142 Å². The Morgan fingerprint density at radius 3 is 2.50 bits per heavy atom. The first-order chi connectivity index (χ1) is 10.1. The Hall–Kier alpha value is -1.26. The summed E-state index contributed by atoms with van der Waals surface area (Å²) in [5, 5.41) is 14.3. The van der Waals surface area contributed by atoms with E-state index < -0.39 is 6.10 Å². The van der Waals surface area contributed by atoms with Gasteiger partial charge in [-0.05, 0) is 30.7 Å². The van der Waals surface area contributed by atoms with E-state index >= 15 is 0 Å². The van der Waals surface area contributed by atoms with Crippen LogP contribution in [-0.2, 0) is 6.54 Å². The van der Waals surface area contributed by atoms with Gasteiger partial charge in [0.05, 0.1) is 13.2 Å². The molecule has 0 saturated carbocycles. The first-order valence-corrected chi connectivity index (χ1v) is 7.28. The fraction of sp³-hybridized carbons (Fsp3) is 0.294. The van der Waals surface area contributed by atoms with Crippen molar-refractivity contribution in [2.45, 2.75) is 25.6 Å². The van der Waals surface area contributed by atoms with Crippen LogP contribution >= 0.6 is 24.0 Å². The van der Waals surface area contributed by atoms with Gasteiger partial charge in [-0.1, -0.05) is 41.9 Å². The standard InChI is InChI=1S/C17H20ClNO2.ClH/c1-12(17(20)13-6-4-3-5-7-13)19-11-14-10-15(18)8-9-16(14)21-2;/h3-10,12,17,19-20H,11H2,1-2H3;1H. The van der Waals surface area contributed by atoms with E-state index in [-0.39, 0.29) is 18.4 Å². The van der Waals surface area contributed by atoms with Gasteiger partial charge in [0.1, 0.15) is 5.75 Å². The van der Waals surface area contributed by atoms with E-state index in [1.165, 1.54) is 0 Å². The molecule has 0 heterocycles. The van der Waals surface area contributed by atoms with Gasteiger partial charge in [-0.15, -0.1) is 12.4 Å². The van der Waals surface area contributed by atoms with Crippen LogP contribution in [0.15, 0.2) is 48.5 Å². The van der Waals surface area contributed by atoms with Crippen LogP contribution in [0.1, 0.15) is 24.2 Å². The van der Waals surface area contributed by atoms with Crippen molar-refractivity contribution in [1.82, 2.24) is 5.32 Å². The number of aliphatic hydroxyl groups excluding tert-OH is 1. The van der Waals surface area contributed by atoms with Gasteiger partial charge in [0, 0.05) is 23.2 Å². The summed E-state index contributed by atoms with van der Waals surface area (Å²) < 4.78 is 5.32. The predicted molar refractivity (Wildman–Crippen MR) is 93.0 cm³/mol. The van der Waals surface area contributed by atoms with Crippen molar-refractivity contribution in [3.05, 3.63) is 64.7 Å². The lowest BCUT2D eigenvalue weighted by molar-refractivity contribution is 0.135. The number of benzene rings is 2. The summed E-state index contributed by atoms with van der Waals surface area (Å²) in [5.74, 6) is 0.785. The number of ether oxygens (including phenoxy) is 1. The molecule has 2 rings (SSSR count). The second kappa shape index (κ2) is 9.01. The largest absolute Gasteiger partial charge is 0.496 e. The van der Waals surface area contributed by atoms with Crippen LogP contribution in [0.3, 0.4) is 0 Å². The maximum atomic E-state index is 10.3. The number of aliphatic hydroxyl groups is 1. The van der Waals surface area contributed by atoms with E-state index in [1.54, 1.807) is 13.2 Å². The molecule has 22 heavy (non-hydrogen) atoms. The lowest BCUT2D eigenvalue weighted by Crippen LogP contribution is -2.31. The fourth-order valence-electron chi connectivity index (χ4n) is 2.21. The van der Waals surface area contributed by atoms with Gasteiger partial charge < -0.3 is 15.2 Å². The molecule has 2 aromatic rings. The minimum Gasteiger partial charge on any atom is -0.496 e. The summed E-state index contributed by atoms with van der Waals surface area (Å²) in [6.07, 6.45) is -0.559. The van der Waals surface area contributed by atoms with Crippen LogP contribution in [0.25, 0.3) is 0 Å². The Balaban J connectivity index is 0.00000242. The van der Waals surface area contributed by atoms with Crippen molar-refractivity contribution < 1.29 is 9.84 Å². The van der Waals surface area contributed by atoms with Crippen LogP contribution in [0.2, 0.25) is 5.02 Å². The maximum absolute atomic E-state index is 10.3. The first kappa shape index (κ1) is 18.8. The predicted octanol–water partition coefficient (Wildman–Crippen LogP) is 3.98. The molecule has 0 spiro atoms. The second-order valence-electron chi connectivity index (χ2n) is 4.98. The van der Waals surface area contributed by atoms with Crippen molar-refractivity contribution in [2.75, 3.05) is 7.11 Å². The van der Waals surface area contributed by atoms with Gasteiger partial charge in [0.2, 0.25) is 0 Å². The molecule has 2 N–H and O–H groups in total. The Morgan fingerprint density at radius 2 is 1.86 bits per heavy atom. The topological polar surface area (TPSA) is 41.5 Å². The maximum Gasteiger partial charge on any atom is 0.123 e. The second-order valence-corrected chi connectivity index (χ2v) is 5.42. The monoisotopic (exact) mass is 341 g/mol.